The average Bonchev–Trinajstić information content (AvgIpc) is 2.92. The van der Waals surface area contributed by atoms with Gasteiger partial charge in [0.05, 0.1) is 12.5 Å². The summed E-state index contributed by atoms with van der Waals surface area (Å²) in [5, 5.41) is 12.1. The van der Waals surface area contributed by atoms with Crippen LogP contribution in [0, 0.1) is 6.92 Å². The lowest BCUT2D eigenvalue weighted by molar-refractivity contribution is -0.137. The Balaban J connectivity index is 1.94. The molecule has 2 aromatic rings. The van der Waals surface area contributed by atoms with Crippen LogP contribution in [0.1, 0.15) is 27.9 Å². The fraction of sp³-hybridized carbons (Fsp3) is 0.267. The van der Waals surface area contributed by atoms with E-state index in [9.17, 15) is 9.59 Å². The number of carboxylic acid groups (broad SMARTS) is 1. The Morgan fingerprint density at radius 1 is 1.36 bits per heavy atom. The number of thiazole rings is 1. The Morgan fingerprint density at radius 2 is 2.09 bits per heavy atom. The molecule has 0 spiro atoms. The molecule has 0 unspecified atom stereocenters. The maximum Gasteiger partial charge on any atom is 0.408 e. The number of aliphatic carboxylic acids is 1. The fourth-order valence-electron chi connectivity index (χ4n) is 1.82. The van der Waals surface area contributed by atoms with E-state index in [0.717, 1.165) is 10.4 Å². The summed E-state index contributed by atoms with van der Waals surface area (Å²) < 4.78 is 5.10. The van der Waals surface area contributed by atoms with Gasteiger partial charge >= 0.3 is 12.1 Å². The number of hydrogen-bond acceptors (Lipinski definition) is 5. The van der Waals surface area contributed by atoms with Crippen LogP contribution in [-0.2, 0) is 16.1 Å². The highest BCUT2D eigenvalue weighted by molar-refractivity contribution is 7.11. The molecule has 2 rings (SSSR count). The molecule has 0 fully saturated rings. The first kappa shape index (κ1) is 16.0. The molecule has 1 aromatic heterocycles. The minimum atomic E-state index is -1.01. The highest BCUT2D eigenvalue weighted by atomic mass is 32.1. The largest absolute Gasteiger partial charge is 0.481 e. The summed E-state index contributed by atoms with van der Waals surface area (Å²) in [6.07, 6.45) is 0.738. The first-order valence-electron chi connectivity index (χ1n) is 6.66. The zero-order valence-electron chi connectivity index (χ0n) is 12.0. The number of carbonyl (C=O) groups is 2. The van der Waals surface area contributed by atoms with Crippen LogP contribution in [0.15, 0.2) is 36.5 Å². The third-order valence-electron chi connectivity index (χ3n) is 2.82. The van der Waals surface area contributed by atoms with E-state index < -0.39 is 18.1 Å². The van der Waals surface area contributed by atoms with E-state index in [2.05, 4.69) is 10.3 Å². The Hall–Kier alpha value is -2.41. The molecule has 1 amide bonds. The van der Waals surface area contributed by atoms with Crippen molar-refractivity contribution >= 4 is 23.4 Å². The van der Waals surface area contributed by atoms with Crippen LogP contribution >= 0.6 is 11.3 Å². The number of rotatable bonds is 6. The molecular weight excluding hydrogens is 304 g/mol. The normalized spacial score (nSPS) is 11.7. The summed E-state index contributed by atoms with van der Waals surface area (Å²) in [6.45, 7) is 2.00. The van der Waals surface area contributed by atoms with Gasteiger partial charge in [-0.15, -0.1) is 11.3 Å². The van der Waals surface area contributed by atoms with Crippen molar-refractivity contribution in [2.45, 2.75) is 26.0 Å². The lowest BCUT2D eigenvalue weighted by atomic mass is 10.2. The van der Waals surface area contributed by atoms with Crippen molar-refractivity contribution < 1.29 is 19.4 Å². The molecule has 1 heterocycles. The minimum Gasteiger partial charge on any atom is -0.481 e. The van der Waals surface area contributed by atoms with Crippen molar-refractivity contribution in [2.75, 3.05) is 0 Å². The molecule has 0 aliphatic carbocycles. The lowest BCUT2D eigenvalue weighted by Crippen LogP contribution is -2.30. The molecule has 22 heavy (non-hydrogen) atoms. The molecule has 6 nitrogen and oxygen atoms in total. The van der Waals surface area contributed by atoms with Crippen LogP contribution in [0.25, 0.3) is 0 Å². The molecule has 0 saturated carbocycles. The second kappa shape index (κ2) is 7.56. The predicted molar refractivity (Wildman–Crippen MR) is 81.6 cm³/mol. The number of ether oxygens (including phenoxy) is 1. The third kappa shape index (κ3) is 4.85. The fourth-order valence-corrected chi connectivity index (χ4v) is 2.64. The average molecular weight is 320 g/mol. The first-order chi connectivity index (χ1) is 10.5. The number of carbonyl (C=O) groups excluding carboxylic acids is 1. The van der Waals surface area contributed by atoms with Gasteiger partial charge in [-0.3, -0.25) is 4.79 Å². The Bertz CT molecular complexity index is 642. The highest BCUT2D eigenvalue weighted by Gasteiger charge is 2.21. The Morgan fingerprint density at radius 3 is 2.68 bits per heavy atom. The van der Waals surface area contributed by atoms with Gasteiger partial charge in [0.15, 0.2) is 0 Å². The zero-order valence-corrected chi connectivity index (χ0v) is 12.8. The maximum absolute atomic E-state index is 11.8. The monoisotopic (exact) mass is 320 g/mol. The van der Waals surface area contributed by atoms with Crippen molar-refractivity contribution in [1.82, 2.24) is 10.3 Å². The van der Waals surface area contributed by atoms with Crippen molar-refractivity contribution in [3.05, 3.63) is 52.0 Å². The number of aromatic nitrogens is 1. The van der Waals surface area contributed by atoms with Crippen LogP contribution in [0.4, 0.5) is 4.79 Å². The molecule has 1 atom stereocenters. The molecule has 116 valence electrons. The quantitative estimate of drug-likeness (QED) is 0.854. The molecule has 0 radical (unpaired) electrons. The highest BCUT2D eigenvalue weighted by Crippen LogP contribution is 2.22. The van der Waals surface area contributed by atoms with Crippen LogP contribution in [-0.4, -0.2) is 22.2 Å². The van der Waals surface area contributed by atoms with Crippen LogP contribution in [0.5, 0.6) is 0 Å². The Labute approximate surface area is 131 Å². The first-order valence-corrected chi connectivity index (χ1v) is 7.47. The SMILES string of the molecule is Cc1cnc([C@@H](CC(=O)O)NC(=O)OCc2ccccc2)s1. The zero-order chi connectivity index (χ0) is 15.9. The molecule has 0 aliphatic heterocycles. The van der Waals surface area contributed by atoms with Crippen molar-refractivity contribution in [3.63, 3.8) is 0 Å². The molecule has 2 N–H and O–H groups in total. The standard InChI is InChI=1S/C15H16N2O4S/c1-10-8-16-14(22-10)12(7-13(18)19)17-15(20)21-9-11-5-3-2-4-6-11/h2-6,8,12H,7,9H2,1H3,(H,17,20)(H,18,19)/t12-/m1/s1. The summed E-state index contributed by atoms with van der Waals surface area (Å²) in [4.78, 5) is 27.8. The van der Waals surface area contributed by atoms with E-state index in [4.69, 9.17) is 9.84 Å². The van der Waals surface area contributed by atoms with Gasteiger partial charge in [0, 0.05) is 11.1 Å². The summed E-state index contributed by atoms with van der Waals surface area (Å²) in [6, 6.07) is 8.56. The minimum absolute atomic E-state index is 0.128. The van der Waals surface area contributed by atoms with Gasteiger partial charge in [-0.05, 0) is 12.5 Å². The summed E-state index contributed by atoms with van der Waals surface area (Å²) in [7, 11) is 0. The maximum atomic E-state index is 11.8. The topological polar surface area (TPSA) is 88.5 Å². The lowest BCUT2D eigenvalue weighted by Gasteiger charge is -2.14. The molecular formula is C15H16N2O4S. The van der Waals surface area contributed by atoms with Crippen molar-refractivity contribution in [2.24, 2.45) is 0 Å². The van der Waals surface area contributed by atoms with Gasteiger partial charge < -0.3 is 15.2 Å². The number of hydrogen-bond donors (Lipinski definition) is 2. The third-order valence-corrected chi connectivity index (χ3v) is 3.85. The molecule has 0 bridgehead atoms. The predicted octanol–water partition coefficient (Wildman–Crippen LogP) is 2.89. The van der Waals surface area contributed by atoms with Gasteiger partial charge in [0.2, 0.25) is 0 Å². The summed E-state index contributed by atoms with van der Waals surface area (Å²) >= 11 is 1.35. The van der Waals surface area contributed by atoms with E-state index in [0.29, 0.717) is 5.01 Å². The molecule has 0 aliphatic rings. The second-order valence-corrected chi connectivity index (χ2v) is 5.93. The molecule has 0 saturated heterocycles. The van der Waals surface area contributed by atoms with E-state index in [1.165, 1.54) is 11.3 Å². The molecule has 1 aromatic carbocycles. The second-order valence-electron chi connectivity index (χ2n) is 4.67. The number of alkyl carbamates (subject to hydrolysis) is 1. The van der Waals surface area contributed by atoms with Crippen LogP contribution in [0.3, 0.4) is 0 Å². The smallest absolute Gasteiger partial charge is 0.408 e. The number of aryl methyl sites for hydroxylation is 1. The number of amides is 1. The Kier molecular flexibility index (Phi) is 5.48. The van der Waals surface area contributed by atoms with Gasteiger partial charge in [-0.25, -0.2) is 9.78 Å². The molecule has 7 heteroatoms. The van der Waals surface area contributed by atoms with E-state index in [1.54, 1.807) is 6.20 Å². The number of benzene rings is 1. The summed E-state index contributed by atoms with van der Waals surface area (Å²) in [5.74, 6) is -1.01. The van der Waals surface area contributed by atoms with E-state index in [1.807, 2.05) is 37.3 Å². The van der Waals surface area contributed by atoms with E-state index >= 15 is 0 Å². The summed E-state index contributed by atoms with van der Waals surface area (Å²) in [5.41, 5.74) is 0.859. The van der Waals surface area contributed by atoms with Gasteiger partial charge in [0.25, 0.3) is 0 Å². The van der Waals surface area contributed by atoms with E-state index in [-0.39, 0.29) is 13.0 Å². The van der Waals surface area contributed by atoms with Gasteiger partial charge in [-0.1, -0.05) is 30.3 Å². The van der Waals surface area contributed by atoms with Crippen molar-refractivity contribution in [3.8, 4) is 0 Å². The number of carboxylic acids is 1. The number of nitrogens with one attached hydrogen (secondary N) is 1. The van der Waals surface area contributed by atoms with Gasteiger partial charge in [0.1, 0.15) is 11.6 Å². The van der Waals surface area contributed by atoms with Crippen LogP contribution < -0.4 is 5.32 Å². The van der Waals surface area contributed by atoms with Gasteiger partial charge in [-0.2, -0.15) is 0 Å². The number of nitrogens with zero attached hydrogens (tertiary/aromatic N) is 1. The van der Waals surface area contributed by atoms with Crippen LogP contribution in [0.2, 0.25) is 0 Å². The van der Waals surface area contributed by atoms with Crippen molar-refractivity contribution in [1.29, 1.82) is 0 Å².